The van der Waals surface area contributed by atoms with Crippen molar-refractivity contribution in [3.05, 3.63) is 89.7 Å². The second kappa shape index (κ2) is 6.87. The van der Waals surface area contributed by atoms with Gasteiger partial charge in [0.05, 0.1) is 0 Å². The van der Waals surface area contributed by atoms with Crippen molar-refractivity contribution in [1.29, 1.82) is 0 Å². The summed E-state index contributed by atoms with van der Waals surface area (Å²) < 4.78 is 5.61. The number of thiocarbonyl (C=S) groups is 1. The maximum absolute atomic E-state index is 12.6. The van der Waals surface area contributed by atoms with Crippen LogP contribution in [0.5, 0.6) is 0 Å². The Labute approximate surface area is 173 Å². The predicted molar refractivity (Wildman–Crippen MR) is 119 cm³/mol. The van der Waals surface area contributed by atoms with Gasteiger partial charge in [-0.3, -0.25) is 10.1 Å². The van der Waals surface area contributed by atoms with Gasteiger partial charge in [-0.1, -0.05) is 61.5 Å². The Balaban J connectivity index is 1.37. The lowest BCUT2D eigenvalue weighted by atomic mass is 9.98. The molecule has 0 spiro atoms. The average Bonchev–Trinajstić information content (AvgIpc) is 3.29. The van der Waals surface area contributed by atoms with E-state index in [2.05, 4.69) is 47.9 Å². The molecule has 0 bridgehead atoms. The minimum atomic E-state index is -0.373. The number of amides is 1. The first-order valence-corrected chi connectivity index (χ1v) is 9.86. The zero-order valence-corrected chi connectivity index (χ0v) is 16.5. The van der Waals surface area contributed by atoms with Crippen molar-refractivity contribution < 1.29 is 9.21 Å². The Morgan fingerprint density at radius 3 is 2.59 bits per heavy atom. The molecular formula is C24H18N2O2S. The van der Waals surface area contributed by atoms with E-state index in [0.717, 1.165) is 11.1 Å². The van der Waals surface area contributed by atoms with Crippen LogP contribution in [-0.4, -0.2) is 11.0 Å². The fourth-order valence-corrected chi connectivity index (χ4v) is 4.27. The van der Waals surface area contributed by atoms with Gasteiger partial charge < -0.3 is 9.73 Å². The molecule has 142 valence electrons. The number of carbonyl (C=O) groups is 1. The summed E-state index contributed by atoms with van der Waals surface area (Å²) in [6.45, 7) is 2.19. The molecule has 5 heteroatoms. The number of carbonyl (C=O) groups excluding carboxylic acids is 1. The first kappa shape index (κ1) is 17.6. The van der Waals surface area contributed by atoms with Crippen LogP contribution in [0, 0.1) is 0 Å². The van der Waals surface area contributed by atoms with Crippen LogP contribution in [0.4, 0.5) is 5.69 Å². The van der Waals surface area contributed by atoms with Crippen LogP contribution < -0.4 is 10.6 Å². The molecule has 0 saturated carbocycles. The number of hydrogen-bond donors (Lipinski definition) is 2. The van der Waals surface area contributed by atoms with E-state index in [1.807, 2.05) is 36.4 Å². The number of benzene rings is 3. The summed E-state index contributed by atoms with van der Waals surface area (Å²) in [4.78, 5) is 12.6. The third-order valence-corrected chi connectivity index (χ3v) is 5.59. The summed E-state index contributed by atoms with van der Waals surface area (Å²) in [5.74, 6) is 0.107. The molecular weight excluding hydrogens is 380 g/mol. The van der Waals surface area contributed by atoms with Gasteiger partial charge in [0.15, 0.2) is 10.9 Å². The zero-order valence-electron chi connectivity index (χ0n) is 15.7. The van der Waals surface area contributed by atoms with Gasteiger partial charge in [0.2, 0.25) is 0 Å². The van der Waals surface area contributed by atoms with Gasteiger partial charge in [-0.25, -0.2) is 0 Å². The fraction of sp³-hybridized carbons (Fsp3) is 0.0833. The molecule has 1 aliphatic rings. The van der Waals surface area contributed by atoms with Gasteiger partial charge in [0.1, 0.15) is 5.58 Å². The highest BCUT2D eigenvalue weighted by atomic mass is 32.1. The molecule has 0 aliphatic heterocycles. The average molecular weight is 398 g/mol. The van der Waals surface area contributed by atoms with Crippen LogP contribution in [0.2, 0.25) is 0 Å². The van der Waals surface area contributed by atoms with Gasteiger partial charge in [0.25, 0.3) is 5.91 Å². The summed E-state index contributed by atoms with van der Waals surface area (Å²) >= 11 is 5.40. The normalized spacial score (nSPS) is 14.3. The van der Waals surface area contributed by atoms with E-state index in [1.165, 1.54) is 22.3 Å². The lowest BCUT2D eigenvalue weighted by Gasteiger charge is -2.15. The Kier molecular flexibility index (Phi) is 4.18. The van der Waals surface area contributed by atoms with Crippen molar-refractivity contribution in [2.75, 3.05) is 5.32 Å². The number of furan rings is 1. The molecule has 1 amide bonds. The quantitative estimate of drug-likeness (QED) is 0.426. The van der Waals surface area contributed by atoms with E-state index in [-0.39, 0.29) is 22.7 Å². The van der Waals surface area contributed by atoms with Crippen molar-refractivity contribution in [3.8, 4) is 11.1 Å². The second-order valence-corrected chi connectivity index (χ2v) is 7.54. The Hall–Kier alpha value is -3.44. The van der Waals surface area contributed by atoms with Crippen LogP contribution in [0.3, 0.4) is 0 Å². The number of hydrogen-bond acceptors (Lipinski definition) is 3. The van der Waals surface area contributed by atoms with Crippen molar-refractivity contribution in [2.24, 2.45) is 0 Å². The van der Waals surface area contributed by atoms with Crippen LogP contribution in [0.15, 0.2) is 77.2 Å². The summed E-state index contributed by atoms with van der Waals surface area (Å²) in [5.41, 5.74) is 6.51. The van der Waals surface area contributed by atoms with Crippen LogP contribution in [-0.2, 0) is 0 Å². The molecule has 1 unspecified atom stereocenters. The monoisotopic (exact) mass is 398 g/mol. The van der Waals surface area contributed by atoms with E-state index in [4.69, 9.17) is 16.6 Å². The summed E-state index contributed by atoms with van der Waals surface area (Å²) in [5, 5.41) is 7.04. The first-order valence-electron chi connectivity index (χ1n) is 9.45. The third kappa shape index (κ3) is 3.00. The number of anilines is 1. The molecule has 0 fully saturated rings. The third-order valence-electron chi connectivity index (χ3n) is 5.38. The fourth-order valence-electron chi connectivity index (χ4n) is 4.06. The molecule has 4 nitrogen and oxygen atoms in total. The molecule has 4 aromatic rings. The topological polar surface area (TPSA) is 54.3 Å². The van der Waals surface area contributed by atoms with E-state index in [1.54, 1.807) is 6.07 Å². The largest absolute Gasteiger partial charge is 0.451 e. The smallest absolute Gasteiger partial charge is 0.293 e. The number of fused-ring (bicyclic) bond motifs is 4. The molecule has 3 aromatic carbocycles. The van der Waals surface area contributed by atoms with Crippen molar-refractivity contribution in [1.82, 2.24) is 5.32 Å². The van der Waals surface area contributed by atoms with Crippen LogP contribution in [0.25, 0.3) is 22.1 Å². The molecule has 0 saturated heterocycles. The Morgan fingerprint density at radius 2 is 1.72 bits per heavy atom. The van der Waals surface area contributed by atoms with E-state index < -0.39 is 0 Å². The molecule has 0 radical (unpaired) electrons. The highest BCUT2D eigenvalue weighted by Crippen LogP contribution is 2.47. The van der Waals surface area contributed by atoms with Gasteiger partial charge in [-0.05, 0) is 52.7 Å². The standard InChI is InChI=1S/C24H18N2O2S/c1-14-16-8-3-4-9-17(16)18-10-6-11-19(22(14)18)25-24(29)26-23(27)21-13-15-7-2-5-12-20(15)28-21/h2-14H,1H3,(H2,25,26,27,29). The predicted octanol–water partition coefficient (Wildman–Crippen LogP) is 5.69. The molecule has 2 N–H and O–H groups in total. The summed E-state index contributed by atoms with van der Waals surface area (Å²) in [6.07, 6.45) is 0. The highest BCUT2D eigenvalue weighted by molar-refractivity contribution is 7.80. The Bertz CT molecular complexity index is 1240. The van der Waals surface area contributed by atoms with Gasteiger partial charge in [-0.15, -0.1) is 0 Å². The van der Waals surface area contributed by atoms with E-state index in [0.29, 0.717) is 5.58 Å². The van der Waals surface area contributed by atoms with Gasteiger partial charge in [-0.2, -0.15) is 0 Å². The number of nitrogens with one attached hydrogen (secondary N) is 2. The molecule has 5 rings (SSSR count). The second-order valence-electron chi connectivity index (χ2n) is 7.13. The minimum absolute atomic E-state index is 0.231. The Morgan fingerprint density at radius 1 is 0.966 bits per heavy atom. The highest BCUT2D eigenvalue weighted by Gasteiger charge is 2.27. The molecule has 1 heterocycles. The van der Waals surface area contributed by atoms with E-state index >= 15 is 0 Å². The lowest BCUT2D eigenvalue weighted by Crippen LogP contribution is -2.34. The van der Waals surface area contributed by atoms with Crippen molar-refractivity contribution >= 4 is 39.9 Å². The molecule has 1 aliphatic carbocycles. The SMILES string of the molecule is CC1c2ccccc2-c2cccc(NC(=S)NC(=O)c3cc4ccccc4o3)c21. The van der Waals surface area contributed by atoms with Gasteiger partial charge in [0, 0.05) is 17.0 Å². The molecule has 1 atom stereocenters. The number of rotatable bonds is 2. The number of para-hydroxylation sites is 1. The van der Waals surface area contributed by atoms with Crippen molar-refractivity contribution in [2.45, 2.75) is 12.8 Å². The minimum Gasteiger partial charge on any atom is -0.451 e. The van der Waals surface area contributed by atoms with E-state index in [9.17, 15) is 4.79 Å². The summed E-state index contributed by atoms with van der Waals surface area (Å²) in [6, 6.07) is 23.7. The lowest BCUT2D eigenvalue weighted by molar-refractivity contribution is 0.0953. The maximum atomic E-state index is 12.6. The first-order chi connectivity index (χ1) is 14.1. The zero-order chi connectivity index (χ0) is 20.0. The van der Waals surface area contributed by atoms with Crippen LogP contribution in [0.1, 0.15) is 34.5 Å². The van der Waals surface area contributed by atoms with Gasteiger partial charge >= 0.3 is 0 Å². The molecule has 1 aromatic heterocycles. The summed E-state index contributed by atoms with van der Waals surface area (Å²) in [7, 11) is 0. The maximum Gasteiger partial charge on any atom is 0.293 e. The van der Waals surface area contributed by atoms with Crippen LogP contribution >= 0.6 is 12.2 Å². The molecule has 29 heavy (non-hydrogen) atoms. The van der Waals surface area contributed by atoms with Crippen molar-refractivity contribution in [3.63, 3.8) is 0 Å².